The van der Waals surface area contributed by atoms with E-state index >= 15 is 0 Å². The Morgan fingerprint density at radius 2 is 1.68 bits per heavy atom. The predicted molar refractivity (Wildman–Crippen MR) is 76.7 cm³/mol. The summed E-state index contributed by atoms with van der Waals surface area (Å²) in [5, 5.41) is 9.17. The number of amides is 3. The number of hydrogen-bond acceptors (Lipinski definition) is 4. The first kappa shape index (κ1) is 15.7. The molecule has 0 fully saturated rings. The largest absolute Gasteiger partial charge is 0.480 e. The molecule has 1 aromatic rings. The van der Waals surface area contributed by atoms with Gasteiger partial charge in [-0.1, -0.05) is 0 Å². The summed E-state index contributed by atoms with van der Waals surface area (Å²) in [6.07, 6.45) is 0. The van der Waals surface area contributed by atoms with Crippen LogP contribution >= 0.6 is 0 Å². The molecule has 3 amide bonds. The molecular weight excluding hydrogens is 288 g/mol. The van der Waals surface area contributed by atoms with Crippen molar-refractivity contribution in [2.24, 2.45) is 0 Å². The maximum atomic E-state index is 12.4. The number of fused-ring (bicyclic) bond motifs is 1. The molecule has 0 aromatic heterocycles. The number of carbonyl (C=O) groups excluding carboxylic acids is 3. The lowest BCUT2D eigenvalue weighted by atomic mass is 10.0. The number of likely N-dealkylation sites (N-methyl/N-ethyl adjacent to an activating group) is 1. The second-order valence-electron chi connectivity index (χ2n) is 5.66. The van der Waals surface area contributed by atoms with Crippen molar-refractivity contribution >= 4 is 23.7 Å². The van der Waals surface area contributed by atoms with E-state index in [1.807, 2.05) is 0 Å². The van der Waals surface area contributed by atoms with Crippen LogP contribution in [0.15, 0.2) is 18.2 Å². The van der Waals surface area contributed by atoms with E-state index in [0.717, 1.165) is 9.80 Å². The van der Waals surface area contributed by atoms with Crippen molar-refractivity contribution in [2.75, 3.05) is 14.1 Å². The third-order valence-electron chi connectivity index (χ3n) is 4.00. The number of aliphatic carboxylic acids is 1. The van der Waals surface area contributed by atoms with Crippen molar-refractivity contribution in [3.8, 4) is 0 Å². The highest BCUT2D eigenvalue weighted by Crippen LogP contribution is 2.24. The number of carbonyl (C=O) groups is 4. The van der Waals surface area contributed by atoms with Gasteiger partial charge in [-0.05, 0) is 32.0 Å². The molecule has 1 N–H and O–H groups in total. The summed E-state index contributed by atoms with van der Waals surface area (Å²) in [5.74, 6) is -2.58. The van der Waals surface area contributed by atoms with Gasteiger partial charge in [0.25, 0.3) is 17.7 Å². The highest BCUT2D eigenvalue weighted by molar-refractivity contribution is 6.21. The number of carboxylic acids is 1. The molecule has 0 bridgehead atoms. The quantitative estimate of drug-likeness (QED) is 0.835. The van der Waals surface area contributed by atoms with Crippen molar-refractivity contribution in [1.29, 1.82) is 0 Å². The average molecular weight is 304 g/mol. The van der Waals surface area contributed by atoms with Crippen LogP contribution in [0.4, 0.5) is 0 Å². The summed E-state index contributed by atoms with van der Waals surface area (Å²) in [6.45, 7) is 2.81. The molecule has 2 rings (SSSR count). The Labute approximate surface area is 127 Å². The highest BCUT2D eigenvalue weighted by atomic mass is 16.4. The number of carboxylic acid groups (broad SMARTS) is 1. The fourth-order valence-corrected chi connectivity index (χ4v) is 2.09. The molecule has 0 spiro atoms. The van der Waals surface area contributed by atoms with Gasteiger partial charge in [-0.15, -0.1) is 0 Å². The first-order valence-corrected chi connectivity index (χ1v) is 6.57. The van der Waals surface area contributed by atoms with Gasteiger partial charge in [0.15, 0.2) is 0 Å². The number of hydrogen-bond donors (Lipinski definition) is 1. The third kappa shape index (κ3) is 2.14. The Morgan fingerprint density at radius 3 is 2.23 bits per heavy atom. The Kier molecular flexibility index (Phi) is 3.52. The molecule has 0 atom stereocenters. The summed E-state index contributed by atoms with van der Waals surface area (Å²) in [5.41, 5.74) is -0.844. The fourth-order valence-electron chi connectivity index (χ4n) is 2.09. The molecular formula is C15H16N2O5. The van der Waals surface area contributed by atoms with Crippen molar-refractivity contribution in [3.63, 3.8) is 0 Å². The van der Waals surface area contributed by atoms with Gasteiger partial charge < -0.3 is 10.0 Å². The van der Waals surface area contributed by atoms with Gasteiger partial charge in [-0.3, -0.25) is 19.3 Å². The summed E-state index contributed by atoms with van der Waals surface area (Å²) in [7, 11) is 2.74. The van der Waals surface area contributed by atoms with E-state index in [0.29, 0.717) is 0 Å². The van der Waals surface area contributed by atoms with E-state index in [1.165, 1.54) is 46.1 Å². The van der Waals surface area contributed by atoms with Gasteiger partial charge in [0, 0.05) is 19.7 Å². The number of nitrogens with zero attached hydrogens (tertiary/aromatic N) is 2. The van der Waals surface area contributed by atoms with Gasteiger partial charge in [0.05, 0.1) is 11.1 Å². The SMILES string of the molecule is CN1C(=O)c2ccc(C(=O)N(C)C(C)(C)C(=O)O)cc2C1=O. The van der Waals surface area contributed by atoms with Crippen LogP contribution in [0.1, 0.15) is 44.9 Å². The number of imide groups is 1. The maximum Gasteiger partial charge on any atom is 0.329 e. The first-order chi connectivity index (χ1) is 10.1. The smallest absolute Gasteiger partial charge is 0.329 e. The zero-order chi connectivity index (χ0) is 16.8. The molecule has 1 aliphatic rings. The van der Waals surface area contributed by atoms with Gasteiger partial charge in [0.2, 0.25) is 0 Å². The summed E-state index contributed by atoms with van der Waals surface area (Å²) >= 11 is 0. The van der Waals surface area contributed by atoms with E-state index in [9.17, 15) is 24.3 Å². The molecule has 0 saturated carbocycles. The fraction of sp³-hybridized carbons (Fsp3) is 0.333. The van der Waals surface area contributed by atoms with Crippen molar-refractivity contribution in [2.45, 2.75) is 19.4 Å². The van der Waals surface area contributed by atoms with E-state index in [1.54, 1.807) is 0 Å². The van der Waals surface area contributed by atoms with E-state index in [4.69, 9.17) is 0 Å². The lowest BCUT2D eigenvalue weighted by Crippen LogP contribution is -2.50. The molecule has 7 heteroatoms. The lowest BCUT2D eigenvalue weighted by molar-refractivity contribution is -0.147. The lowest BCUT2D eigenvalue weighted by Gasteiger charge is -2.31. The average Bonchev–Trinajstić information content (AvgIpc) is 2.70. The zero-order valence-electron chi connectivity index (χ0n) is 12.7. The highest BCUT2D eigenvalue weighted by Gasteiger charge is 2.37. The Hall–Kier alpha value is -2.70. The summed E-state index contributed by atoms with van der Waals surface area (Å²) < 4.78 is 0. The molecule has 0 radical (unpaired) electrons. The van der Waals surface area contributed by atoms with Crippen molar-refractivity contribution in [3.05, 3.63) is 34.9 Å². The van der Waals surface area contributed by atoms with Crippen LogP contribution < -0.4 is 0 Å². The van der Waals surface area contributed by atoms with Crippen LogP contribution in [-0.4, -0.2) is 58.2 Å². The molecule has 0 unspecified atom stereocenters. The zero-order valence-corrected chi connectivity index (χ0v) is 12.7. The van der Waals surface area contributed by atoms with Gasteiger partial charge in [-0.2, -0.15) is 0 Å². The first-order valence-electron chi connectivity index (χ1n) is 6.57. The standard InChI is InChI=1S/C15H16N2O5/c1-15(2,14(21)22)17(4)11(18)8-5-6-9-10(7-8)13(20)16(3)12(9)19/h5-7H,1-4H3,(H,21,22). The molecule has 0 saturated heterocycles. The summed E-state index contributed by atoms with van der Waals surface area (Å²) in [6, 6.07) is 4.16. The minimum atomic E-state index is -1.40. The molecule has 7 nitrogen and oxygen atoms in total. The second-order valence-corrected chi connectivity index (χ2v) is 5.66. The number of rotatable bonds is 3. The minimum Gasteiger partial charge on any atom is -0.480 e. The predicted octanol–water partition coefficient (Wildman–Crippen LogP) is 0.848. The molecule has 1 aliphatic heterocycles. The van der Waals surface area contributed by atoms with Gasteiger partial charge >= 0.3 is 5.97 Å². The van der Waals surface area contributed by atoms with Crippen LogP contribution in [0.3, 0.4) is 0 Å². The maximum absolute atomic E-state index is 12.4. The van der Waals surface area contributed by atoms with Crippen LogP contribution in [0, 0.1) is 0 Å². The normalized spacial score (nSPS) is 14.1. The second kappa shape index (κ2) is 4.94. The Balaban J connectivity index is 2.41. The Morgan fingerprint density at radius 1 is 1.14 bits per heavy atom. The van der Waals surface area contributed by atoms with Gasteiger partial charge in [0.1, 0.15) is 5.54 Å². The van der Waals surface area contributed by atoms with Crippen LogP contribution in [0.25, 0.3) is 0 Å². The molecule has 1 aromatic carbocycles. The Bertz CT molecular complexity index is 708. The van der Waals surface area contributed by atoms with Crippen molar-refractivity contribution < 1.29 is 24.3 Å². The molecule has 116 valence electrons. The molecule has 22 heavy (non-hydrogen) atoms. The monoisotopic (exact) mass is 304 g/mol. The van der Waals surface area contributed by atoms with E-state index in [-0.39, 0.29) is 16.7 Å². The number of benzene rings is 1. The topological polar surface area (TPSA) is 95.0 Å². The molecule has 1 heterocycles. The summed E-state index contributed by atoms with van der Waals surface area (Å²) in [4.78, 5) is 49.4. The van der Waals surface area contributed by atoms with Crippen LogP contribution in [0.2, 0.25) is 0 Å². The van der Waals surface area contributed by atoms with Crippen molar-refractivity contribution in [1.82, 2.24) is 9.80 Å². The molecule has 0 aliphatic carbocycles. The van der Waals surface area contributed by atoms with E-state index in [2.05, 4.69) is 0 Å². The third-order valence-corrected chi connectivity index (χ3v) is 4.00. The van der Waals surface area contributed by atoms with Gasteiger partial charge in [-0.25, -0.2) is 4.79 Å². The van der Waals surface area contributed by atoms with E-state index < -0.39 is 29.2 Å². The van der Waals surface area contributed by atoms with Crippen LogP contribution in [-0.2, 0) is 4.79 Å². The minimum absolute atomic E-state index is 0.153. The van der Waals surface area contributed by atoms with Crippen LogP contribution in [0.5, 0.6) is 0 Å².